The number of hydrogen-bond donors (Lipinski definition) is 1. The van der Waals surface area contributed by atoms with Crippen LogP contribution in [0.25, 0.3) is 0 Å². The molecule has 0 bridgehead atoms. The van der Waals surface area contributed by atoms with E-state index in [2.05, 4.69) is 21.0 Å². The van der Waals surface area contributed by atoms with Gasteiger partial charge >= 0.3 is 5.97 Å². The van der Waals surface area contributed by atoms with E-state index in [9.17, 15) is 4.79 Å². The van der Waals surface area contributed by atoms with Crippen LogP contribution in [-0.4, -0.2) is 20.9 Å². The van der Waals surface area contributed by atoms with Crippen molar-refractivity contribution in [1.29, 1.82) is 0 Å². The molecule has 0 fully saturated rings. The quantitative estimate of drug-likeness (QED) is 0.941. The molecular formula is C14H15BrN2O2. The zero-order valence-electron chi connectivity index (χ0n) is 10.9. The summed E-state index contributed by atoms with van der Waals surface area (Å²) in [5.41, 5.74) is 3.80. The van der Waals surface area contributed by atoms with Gasteiger partial charge in [-0.25, -0.2) is 0 Å². The Morgan fingerprint density at radius 1 is 1.32 bits per heavy atom. The zero-order chi connectivity index (χ0) is 14.0. The molecule has 1 heterocycles. The molecule has 2 rings (SSSR count). The maximum Gasteiger partial charge on any atom is 0.307 e. The molecule has 4 nitrogen and oxygen atoms in total. The minimum Gasteiger partial charge on any atom is -0.481 e. The number of aromatic nitrogens is 2. The fraction of sp³-hybridized carbons (Fsp3) is 0.286. The Hall–Kier alpha value is -1.62. The van der Waals surface area contributed by atoms with E-state index in [1.165, 1.54) is 0 Å². The number of nitrogens with zero attached hydrogens (tertiary/aromatic N) is 2. The Balaban J connectivity index is 2.32. The molecule has 0 radical (unpaired) electrons. The number of carbonyl (C=O) groups is 1. The SMILES string of the molecule is Cc1nn(Cc2ccccc2CC(=O)O)c(C)c1Br. The Morgan fingerprint density at radius 3 is 2.47 bits per heavy atom. The van der Waals surface area contributed by atoms with Crippen molar-refractivity contribution >= 4 is 21.9 Å². The smallest absolute Gasteiger partial charge is 0.307 e. The molecule has 2 aromatic rings. The third-order valence-electron chi connectivity index (χ3n) is 3.07. The summed E-state index contributed by atoms with van der Waals surface area (Å²) in [5, 5.41) is 13.4. The van der Waals surface area contributed by atoms with Crippen molar-refractivity contribution in [3.8, 4) is 0 Å². The average Bonchev–Trinajstić information content (AvgIpc) is 2.59. The first-order chi connectivity index (χ1) is 8.99. The van der Waals surface area contributed by atoms with Crippen molar-refractivity contribution in [3.05, 3.63) is 51.3 Å². The molecule has 1 N–H and O–H groups in total. The highest BCUT2D eigenvalue weighted by Crippen LogP contribution is 2.21. The molecular weight excluding hydrogens is 308 g/mol. The molecule has 0 aliphatic heterocycles. The summed E-state index contributed by atoms with van der Waals surface area (Å²) in [5.74, 6) is -0.818. The van der Waals surface area contributed by atoms with Crippen LogP contribution >= 0.6 is 15.9 Å². The van der Waals surface area contributed by atoms with Gasteiger partial charge in [0.25, 0.3) is 0 Å². The molecule has 0 atom stereocenters. The van der Waals surface area contributed by atoms with Gasteiger partial charge in [-0.15, -0.1) is 0 Å². The van der Waals surface area contributed by atoms with Crippen molar-refractivity contribution in [2.45, 2.75) is 26.8 Å². The van der Waals surface area contributed by atoms with Crippen LogP contribution in [0.4, 0.5) is 0 Å². The Morgan fingerprint density at radius 2 is 1.95 bits per heavy atom. The van der Waals surface area contributed by atoms with E-state index in [1.807, 2.05) is 42.8 Å². The molecule has 100 valence electrons. The number of aliphatic carboxylic acids is 1. The van der Waals surface area contributed by atoms with Crippen LogP contribution in [-0.2, 0) is 17.8 Å². The third kappa shape index (κ3) is 3.04. The second-order valence-electron chi connectivity index (χ2n) is 4.48. The van der Waals surface area contributed by atoms with Gasteiger partial charge < -0.3 is 5.11 Å². The third-order valence-corrected chi connectivity index (χ3v) is 4.22. The molecule has 1 aromatic carbocycles. The lowest BCUT2D eigenvalue weighted by Gasteiger charge is -2.09. The molecule has 0 saturated heterocycles. The van der Waals surface area contributed by atoms with E-state index in [4.69, 9.17) is 5.11 Å². The number of rotatable bonds is 4. The van der Waals surface area contributed by atoms with Crippen LogP contribution in [0.2, 0.25) is 0 Å². The van der Waals surface area contributed by atoms with Gasteiger partial charge in [-0.3, -0.25) is 9.48 Å². The number of hydrogen-bond acceptors (Lipinski definition) is 2. The van der Waals surface area contributed by atoms with Crippen molar-refractivity contribution in [1.82, 2.24) is 9.78 Å². The molecule has 19 heavy (non-hydrogen) atoms. The molecule has 5 heteroatoms. The van der Waals surface area contributed by atoms with E-state index in [-0.39, 0.29) is 6.42 Å². The van der Waals surface area contributed by atoms with E-state index in [0.717, 1.165) is 27.0 Å². The maximum absolute atomic E-state index is 10.9. The summed E-state index contributed by atoms with van der Waals surface area (Å²) in [6.07, 6.45) is 0.0383. The summed E-state index contributed by atoms with van der Waals surface area (Å²) in [7, 11) is 0. The zero-order valence-corrected chi connectivity index (χ0v) is 12.4. The average molecular weight is 323 g/mol. The fourth-order valence-electron chi connectivity index (χ4n) is 2.04. The number of carboxylic acids is 1. The number of benzene rings is 1. The predicted molar refractivity (Wildman–Crippen MR) is 76.3 cm³/mol. The second-order valence-corrected chi connectivity index (χ2v) is 5.27. The van der Waals surface area contributed by atoms with E-state index >= 15 is 0 Å². The van der Waals surface area contributed by atoms with E-state index in [0.29, 0.717) is 6.54 Å². The standard InChI is InChI=1S/C14H15BrN2O2/c1-9-14(15)10(2)17(16-9)8-12-6-4-3-5-11(12)7-13(18)19/h3-6H,7-8H2,1-2H3,(H,18,19). The van der Waals surface area contributed by atoms with Crippen molar-refractivity contribution < 1.29 is 9.90 Å². The molecule has 1 aromatic heterocycles. The van der Waals surface area contributed by atoms with Gasteiger partial charge in [0.1, 0.15) is 0 Å². The summed E-state index contributed by atoms with van der Waals surface area (Å²) in [6.45, 7) is 4.52. The van der Waals surface area contributed by atoms with E-state index in [1.54, 1.807) is 0 Å². The molecule has 0 saturated carbocycles. The van der Waals surface area contributed by atoms with Crippen LogP contribution in [0.1, 0.15) is 22.5 Å². The molecule has 0 aliphatic carbocycles. The summed E-state index contributed by atoms with van der Waals surface area (Å²) >= 11 is 3.49. The van der Waals surface area contributed by atoms with Crippen LogP contribution in [0, 0.1) is 13.8 Å². The first-order valence-electron chi connectivity index (χ1n) is 5.97. The van der Waals surface area contributed by atoms with Crippen LogP contribution < -0.4 is 0 Å². The lowest BCUT2D eigenvalue weighted by Crippen LogP contribution is -2.09. The van der Waals surface area contributed by atoms with Gasteiger partial charge in [0.05, 0.1) is 28.8 Å². The highest BCUT2D eigenvalue weighted by Gasteiger charge is 2.11. The monoisotopic (exact) mass is 322 g/mol. The minimum atomic E-state index is -0.818. The summed E-state index contributed by atoms with van der Waals surface area (Å²) in [6, 6.07) is 7.58. The lowest BCUT2D eigenvalue weighted by molar-refractivity contribution is -0.136. The van der Waals surface area contributed by atoms with Gasteiger partial charge in [-0.05, 0) is 40.9 Å². The molecule has 0 spiro atoms. The van der Waals surface area contributed by atoms with Crippen molar-refractivity contribution in [3.63, 3.8) is 0 Å². The number of carboxylic acid groups (broad SMARTS) is 1. The maximum atomic E-state index is 10.9. The molecule has 0 unspecified atom stereocenters. The predicted octanol–water partition coefficient (Wildman–Crippen LogP) is 2.94. The van der Waals surface area contributed by atoms with Crippen LogP contribution in [0.5, 0.6) is 0 Å². The number of aryl methyl sites for hydroxylation is 1. The Bertz CT molecular complexity index is 620. The molecule has 0 aliphatic rings. The van der Waals surface area contributed by atoms with Crippen LogP contribution in [0.15, 0.2) is 28.7 Å². The van der Waals surface area contributed by atoms with Gasteiger partial charge in [-0.1, -0.05) is 24.3 Å². The first-order valence-corrected chi connectivity index (χ1v) is 6.76. The van der Waals surface area contributed by atoms with Crippen LogP contribution in [0.3, 0.4) is 0 Å². The van der Waals surface area contributed by atoms with Gasteiger partial charge in [0.2, 0.25) is 0 Å². The minimum absolute atomic E-state index is 0.0383. The van der Waals surface area contributed by atoms with Crippen molar-refractivity contribution in [2.24, 2.45) is 0 Å². The highest BCUT2D eigenvalue weighted by atomic mass is 79.9. The van der Waals surface area contributed by atoms with E-state index < -0.39 is 5.97 Å². The Kier molecular flexibility index (Phi) is 4.04. The normalized spacial score (nSPS) is 10.7. The summed E-state index contributed by atoms with van der Waals surface area (Å²) in [4.78, 5) is 10.9. The second kappa shape index (κ2) is 5.57. The lowest BCUT2D eigenvalue weighted by atomic mass is 10.0. The number of halogens is 1. The Labute approximate surface area is 120 Å². The van der Waals surface area contributed by atoms with Gasteiger partial charge in [0, 0.05) is 0 Å². The van der Waals surface area contributed by atoms with Crippen molar-refractivity contribution in [2.75, 3.05) is 0 Å². The van der Waals surface area contributed by atoms with Gasteiger partial charge in [0.15, 0.2) is 0 Å². The van der Waals surface area contributed by atoms with Gasteiger partial charge in [-0.2, -0.15) is 5.10 Å². The fourth-order valence-corrected chi connectivity index (χ4v) is 2.32. The molecule has 0 amide bonds. The largest absolute Gasteiger partial charge is 0.481 e. The highest BCUT2D eigenvalue weighted by molar-refractivity contribution is 9.10. The summed E-state index contributed by atoms with van der Waals surface area (Å²) < 4.78 is 2.89. The first kappa shape index (κ1) is 13.8. The topological polar surface area (TPSA) is 55.1 Å².